The Labute approximate surface area is 111 Å². The van der Waals surface area contributed by atoms with Gasteiger partial charge in [-0.05, 0) is 36.6 Å². The van der Waals surface area contributed by atoms with Crippen molar-refractivity contribution in [1.29, 1.82) is 0 Å². The van der Waals surface area contributed by atoms with Gasteiger partial charge in [0.15, 0.2) is 0 Å². The zero-order valence-electron chi connectivity index (χ0n) is 10.5. The first-order chi connectivity index (χ1) is 9.20. The molecule has 0 aliphatic heterocycles. The molecule has 0 unspecified atom stereocenters. The first-order valence-electron chi connectivity index (χ1n) is 6.37. The Bertz CT molecular complexity index is 603. The normalized spacial score (nSPS) is 15.8. The molecule has 0 atom stereocenters. The van der Waals surface area contributed by atoms with Crippen molar-refractivity contribution in [2.75, 3.05) is 5.32 Å². The van der Waals surface area contributed by atoms with Gasteiger partial charge >= 0.3 is 5.97 Å². The van der Waals surface area contributed by atoms with Gasteiger partial charge in [-0.25, -0.2) is 4.79 Å². The highest BCUT2D eigenvalue weighted by molar-refractivity contribution is 5.88. The molecule has 2 aromatic rings. The van der Waals surface area contributed by atoms with E-state index in [1.807, 2.05) is 24.3 Å². The Hall–Kier alpha value is -2.29. The third-order valence-corrected chi connectivity index (χ3v) is 3.57. The smallest absolute Gasteiger partial charge is 0.335 e. The first kappa shape index (κ1) is 11.8. The van der Waals surface area contributed by atoms with Gasteiger partial charge in [-0.1, -0.05) is 36.4 Å². The van der Waals surface area contributed by atoms with E-state index in [-0.39, 0.29) is 5.54 Å². The quantitative estimate of drug-likeness (QED) is 0.877. The van der Waals surface area contributed by atoms with E-state index < -0.39 is 5.97 Å². The van der Waals surface area contributed by atoms with Crippen molar-refractivity contribution in [2.45, 2.75) is 18.4 Å². The summed E-state index contributed by atoms with van der Waals surface area (Å²) in [5, 5.41) is 12.5. The average molecular weight is 253 g/mol. The van der Waals surface area contributed by atoms with Gasteiger partial charge in [-0.15, -0.1) is 0 Å². The molecule has 0 radical (unpaired) electrons. The van der Waals surface area contributed by atoms with E-state index in [1.165, 1.54) is 5.56 Å². The lowest BCUT2D eigenvalue weighted by Gasteiger charge is -2.19. The number of nitrogens with one attached hydrogen (secondary N) is 1. The van der Waals surface area contributed by atoms with Crippen LogP contribution in [0.2, 0.25) is 0 Å². The average Bonchev–Trinajstić information content (AvgIpc) is 3.21. The van der Waals surface area contributed by atoms with Crippen LogP contribution in [0, 0.1) is 0 Å². The molecular formula is C16H15NO2. The number of hydrogen-bond donors (Lipinski definition) is 2. The Morgan fingerprint density at radius 3 is 2.42 bits per heavy atom. The number of carbonyl (C=O) groups is 1. The molecule has 3 nitrogen and oxygen atoms in total. The van der Waals surface area contributed by atoms with Gasteiger partial charge in [-0.2, -0.15) is 0 Å². The lowest BCUT2D eigenvalue weighted by molar-refractivity contribution is 0.0697. The molecule has 2 N–H and O–H groups in total. The van der Waals surface area contributed by atoms with Crippen LogP contribution in [0.1, 0.15) is 28.8 Å². The van der Waals surface area contributed by atoms with Crippen LogP contribution in [0.3, 0.4) is 0 Å². The van der Waals surface area contributed by atoms with Crippen LogP contribution < -0.4 is 5.32 Å². The molecule has 19 heavy (non-hydrogen) atoms. The molecule has 0 amide bonds. The standard InChI is InChI=1S/C16H15NO2/c18-15(19)12-5-4-8-14(11-12)17-16(9-10-16)13-6-2-1-3-7-13/h1-8,11,17H,9-10H2,(H,18,19). The molecule has 3 heteroatoms. The summed E-state index contributed by atoms with van der Waals surface area (Å²) < 4.78 is 0. The van der Waals surface area contributed by atoms with Crippen molar-refractivity contribution < 1.29 is 9.90 Å². The molecule has 2 aromatic carbocycles. The largest absolute Gasteiger partial charge is 0.478 e. The van der Waals surface area contributed by atoms with Crippen LogP contribution in [0.15, 0.2) is 54.6 Å². The van der Waals surface area contributed by atoms with Crippen molar-refractivity contribution in [3.63, 3.8) is 0 Å². The zero-order chi connectivity index (χ0) is 13.3. The minimum absolute atomic E-state index is 0.0155. The maximum Gasteiger partial charge on any atom is 0.335 e. The number of hydrogen-bond acceptors (Lipinski definition) is 2. The molecule has 3 rings (SSSR count). The van der Waals surface area contributed by atoms with Crippen LogP contribution in [0.4, 0.5) is 5.69 Å². The summed E-state index contributed by atoms with van der Waals surface area (Å²) in [5.41, 5.74) is 2.42. The van der Waals surface area contributed by atoms with Crippen LogP contribution in [-0.4, -0.2) is 11.1 Å². The van der Waals surface area contributed by atoms with Gasteiger partial charge < -0.3 is 10.4 Å². The number of carboxylic acids is 1. The van der Waals surface area contributed by atoms with Crippen molar-refractivity contribution >= 4 is 11.7 Å². The van der Waals surface area contributed by atoms with E-state index in [0.29, 0.717) is 5.56 Å². The van der Waals surface area contributed by atoms with E-state index in [1.54, 1.807) is 18.2 Å². The topological polar surface area (TPSA) is 49.3 Å². The molecule has 0 saturated heterocycles. The highest BCUT2D eigenvalue weighted by Gasteiger charge is 2.44. The summed E-state index contributed by atoms with van der Waals surface area (Å²) in [6.45, 7) is 0. The SMILES string of the molecule is O=C(O)c1cccc(NC2(c3ccccc3)CC2)c1. The Kier molecular flexibility index (Phi) is 2.75. The number of carboxylic acid groups (broad SMARTS) is 1. The number of benzene rings is 2. The second-order valence-corrected chi connectivity index (χ2v) is 4.96. The third kappa shape index (κ3) is 2.32. The molecule has 1 fully saturated rings. The van der Waals surface area contributed by atoms with Crippen LogP contribution in [0.25, 0.3) is 0 Å². The van der Waals surface area contributed by atoms with E-state index in [0.717, 1.165) is 18.5 Å². The summed E-state index contributed by atoms with van der Waals surface area (Å²) in [7, 11) is 0. The summed E-state index contributed by atoms with van der Waals surface area (Å²) in [6.07, 6.45) is 2.16. The maximum absolute atomic E-state index is 11.0. The van der Waals surface area contributed by atoms with Gasteiger partial charge in [0, 0.05) is 5.69 Å². The molecule has 0 spiro atoms. The molecule has 0 heterocycles. The molecule has 0 aromatic heterocycles. The molecule has 1 saturated carbocycles. The van der Waals surface area contributed by atoms with Gasteiger partial charge in [0.25, 0.3) is 0 Å². The maximum atomic E-state index is 11.0. The molecule has 96 valence electrons. The minimum atomic E-state index is -0.895. The summed E-state index contributed by atoms with van der Waals surface area (Å²) in [5.74, 6) is -0.895. The molecule has 1 aliphatic carbocycles. The van der Waals surface area contributed by atoms with Crippen molar-refractivity contribution in [1.82, 2.24) is 0 Å². The summed E-state index contributed by atoms with van der Waals surface area (Å²) >= 11 is 0. The zero-order valence-corrected chi connectivity index (χ0v) is 10.5. The fourth-order valence-corrected chi connectivity index (χ4v) is 2.37. The Balaban J connectivity index is 1.86. The van der Waals surface area contributed by atoms with Gasteiger partial charge in [0.1, 0.15) is 0 Å². The van der Waals surface area contributed by atoms with Crippen LogP contribution in [-0.2, 0) is 5.54 Å². The highest BCUT2D eigenvalue weighted by Crippen LogP contribution is 2.48. The fraction of sp³-hybridized carbons (Fsp3) is 0.188. The van der Waals surface area contributed by atoms with Crippen molar-refractivity contribution in [3.8, 4) is 0 Å². The lowest BCUT2D eigenvalue weighted by atomic mass is 10.0. The van der Waals surface area contributed by atoms with Gasteiger partial charge in [0.2, 0.25) is 0 Å². The van der Waals surface area contributed by atoms with E-state index in [4.69, 9.17) is 5.11 Å². The second-order valence-electron chi connectivity index (χ2n) is 4.96. The van der Waals surface area contributed by atoms with E-state index in [2.05, 4.69) is 17.4 Å². The molecular weight excluding hydrogens is 238 g/mol. The van der Waals surface area contributed by atoms with Gasteiger partial charge in [0.05, 0.1) is 11.1 Å². The predicted octanol–water partition coefficient (Wildman–Crippen LogP) is 3.49. The monoisotopic (exact) mass is 253 g/mol. The summed E-state index contributed by atoms with van der Waals surface area (Å²) in [4.78, 5) is 11.0. The number of aromatic carboxylic acids is 1. The minimum Gasteiger partial charge on any atom is -0.478 e. The number of anilines is 1. The van der Waals surface area contributed by atoms with E-state index >= 15 is 0 Å². The predicted molar refractivity (Wildman–Crippen MR) is 74.4 cm³/mol. The number of rotatable bonds is 4. The lowest BCUT2D eigenvalue weighted by Crippen LogP contribution is -2.18. The summed E-state index contributed by atoms with van der Waals surface area (Å²) in [6, 6.07) is 17.3. The Morgan fingerprint density at radius 1 is 1.05 bits per heavy atom. The van der Waals surface area contributed by atoms with Crippen molar-refractivity contribution in [2.24, 2.45) is 0 Å². The highest BCUT2D eigenvalue weighted by atomic mass is 16.4. The molecule has 1 aliphatic rings. The third-order valence-electron chi connectivity index (χ3n) is 3.57. The fourth-order valence-electron chi connectivity index (χ4n) is 2.37. The first-order valence-corrected chi connectivity index (χ1v) is 6.37. The van der Waals surface area contributed by atoms with Crippen molar-refractivity contribution in [3.05, 3.63) is 65.7 Å². The second kappa shape index (κ2) is 4.43. The Morgan fingerprint density at radius 2 is 1.79 bits per heavy atom. The van der Waals surface area contributed by atoms with E-state index in [9.17, 15) is 4.79 Å². The van der Waals surface area contributed by atoms with Crippen LogP contribution >= 0.6 is 0 Å². The van der Waals surface area contributed by atoms with Crippen LogP contribution in [0.5, 0.6) is 0 Å². The molecule has 0 bridgehead atoms. The van der Waals surface area contributed by atoms with Gasteiger partial charge in [-0.3, -0.25) is 0 Å².